The molecule has 4 heteroatoms. The highest BCUT2D eigenvalue weighted by molar-refractivity contribution is 9.10. The van der Waals surface area contributed by atoms with Crippen molar-refractivity contribution >= 4 is 21.8 Å². The van der Waals surface area contributed by atoms with Crippen molar-refractivity contribution in [1.82, 2.24) is 5.32 Å². The van der Waals surface area contributed by atoms with Crippen LogP contribution < -0.4 is 5.32 Å². The molecule has 1 aliphatic carbocycles. The molecule has 2 rings (SSSR count). The average molecular weight is 349 g/mol. The van der Waals surface area contributed by atoms with Gasteiger partial charge in [0.25, 0.3) is 5.91 Å². The van der Waals surface area contributed by atoms with Crippen LogP contribution in [0, 0.1) is 24.2 Å². The molecule has 0 spiro atoms. The minimum atomic E-state index is -0.697. The third-order valence-electron chi connectivity index (χ3n) is 4.55. The molecule has 1 amide bonds. The van der Waals surface area contributed by atoms with Crippen LogP contribution in [-0.4, -0.2) is 11.4 Å². The number of benzene rings is 1. The van der Waals surface area contributed by atoms with Crippen LogP contribution in [0.1, 0.15) is 54.9 Å². The second kappa shape index (κ2) is 6.62. The molecule has 0 radical (unpaired) electrons. The second-order valence-corrected chi connectivity index (χ2v) is 6.87. The molecule has 112 valence electrons. The molecule has 1 aliphatic rings. The molecule has 1 saturated carbocycles. The van der Waals surface area contributed by atoms with Crippen molar-refractivity contribution in [2.45, 2.75) is 51.5 Å². The van der Waals surface area contributed by atoms with E-state index in [1.807, 2.05) is 25.1 Å². The number of rotatable bonds is 3. The van der Waals surface area contributed by atoms with Crippen molar-refractivity contribution in [2.75, 3.05) is 0 Å². The first-order valence-electron chi connectivity index (χ1n) is 7.49. The van der Waals surface area contributed by atoms with E-state index in [0.717, 1.165) is 42.1 Å². The normalized spacial score (nSPS) is 25.1. The number of nitrogens with one attached hydrogen (secondary N) is 1. The quantitative estimate of drug-likeness (QED) is 0.882. The van der Waals surface area contributed by atoms with Crippen LogP contribution in [0.4, 0.5) is 0 Å². The second-order valence-electron chi connectivity index (χ2n) is 5.96. The van der Waals surface area contributed by atoms with Gasteiger partial charge >= 0.3 is 0 Å². The number of hydrogen-bond acceptors (Lipinski definition) is 2. The monoisotopic (exact) mass is 348 g/mol. The zero-order valence-corrected chi connectivity index (χ0v) is 14.2. The maximum Gasteiger partial charge on any atom is 0.252 e. The number of aryl methyl sites for hydroxylation is 1. The van der Waals surface area contributed by atoms with Gasteiger partial charge in [-0.3, -0.25) is 4.79 Å². The van der Waals surface area contributed by atoms with Gasteiger partial charge in [-0.25, -0.2) is 0 Å². The fourth-order valence-corrected chi connectivity index (χ4v) is 3.33. The molecule has 0 atom stereocenters. The minimum absolute atomic E-state index is 0.148. The lowest BCUT2D eigenvalue weighted by molar-refractivity contribution is 0.0890. The van der Waals surface area contributed by atoms with Gasteiger partial charge in [-0.2, -0.15) is 5.26 Å². The van der Waals surface area contributed by atoms with E-state index in [-0.39, 0.29) is 5.91 Å². The Kier molecular flexibility index (Phi) is 5.05. The van der Waals surface area contributed by atoms with Crippen molar-refractivity contribution in [3.63, 3.8) is 0 Å². The molecular weight excluding hydrogens is 328 g/mol. The average Bonchev–Trinajstić information content (AvgIpc) is 2.50. The van der Waals surface area contributed by atoms with Gasteiger partial charge in [0.1, 0.15) is 5.54 Å². The summed E-state index contributed by atoms with van der Waals surface area (Å²) in [7, 11) is 0. The Labute approximate surface area is 134 Å². The van der Waals surface area contributed by atoms with E-state index in [4.69, 9.17) is 0 Å². The van der Waals surface area contributed by atoms with Crippen molar-refractivity contribution in [3.05, 3.63) is 33.8 Å². The minimum Gasteiger partial charge on any atom is -0.334 e. The molecule has 3 nitrogen and oxygen atoms in total. The molecular formula is C17H21BrN2O. The van der Waals surface area contributed by atoms with Crippen molar-refractivity contribution in [2.24, 2.45) is 5.92 Å². The van der Waals surface area contributed by atoms with Crippen LogP contribution in [-0.2, 0) is 0 Å². The number of carbonyl (C=O) groups excluding carboxylic acids is 1. The molecule has 0 bridgehead atoms. The highest BCUT2D eigenvalue weighted by Crippen LogP contribution is 2.33. The van der Waals surface area contributed by atoms with E-state index >= 15 is 0 Å². The lowest BCUT2D eigenvalue weighted by Gasteiger charge is -2.35. The molecule has 0 aliphatic heterocycles. The van der Waals surface area contributed by atoms with Crippen LogP contribution in [0.15, 0.2) is 22.7 Å². The predicted octanol–water partition coefficient (Wildman–Crippen LogP) is 4.35. The lowest BCUT2D eigenvalue weighted by Crippen LogP contribution is -2.49. The highest BCUT2D eigenvalue weighted by atomic mass is 79.9. The van der Waals surface area contributed by atoms with Crippen molar-refractivity contribution in [3.8, 4) is 6.07 Å². The first-order valence-corrected chi connectivity index (χ1v) is 8.29. The van der Waals surface area contributed by atoms with Gasteiger partial charge in [0.05, 0.1) is 6.07 Å². The molecule has 1 aromatic carbocycles. The summed E-state index contributed by atoms with van der Waals surface area (Å²) in [6.07, 6.45) is 4.69. The molecule has 1 N–H and O–H groups in total. The van der Waals surface area contributed by atoms with Crippen LogP contribution in [0.25, 0.3) is 0 Å². The number of hydrogen-bond donors (Lipinski definition) is 1. The molecule has 0 saturated heterocycles. The van der Waals surface area contributed by atoms with Crippen LogP contribution in [0.2, 0.25) is 0 Å². The van der Waals surface area contributed by atoms with Gasteiger partial charge in [-0.1, -0.05) is 35.3 Å². The number of nitrogens with zero attached hydrogens (tertiary/aromatic N) is 1. The zero-order chi connectivity index (χ0) is 15.5. The number of amides is 1. The molecule has 1 fully saturated rings. The number of carbonyl (C=O) groups is 1. The van der Waals surface area contributed by atoms with Gasteiger partial charge < -0.3 is 5.32 Å². The topological polar surface area (TPSA) is 52.9 Å². The Balaban J connectivity index is 2.14. The highest BCUT2D eigenvalue weighted by Gasteiger charge is 2.36. The van der Waals surface area contributed by atoms with E-state index in [2.05, 4.69) is 34.2 Å². The molecule has 0 aromatic heterocycles. The fourth-order valence-electron chi connectivity index (χ4n) is 2.97. The summed E-state index contributed by atoms with van der Waals surface area (Å²) in [5.41, 5.74) is 0.861. The Morgan fingerprint density at radius 3 is 2.71 bits per heavy atom. The van der Waals surface area contributed by atoms with E-state index in [1.165, 1.54) is 0 Å². The van der Waals surface area contributed by atoms with Gasteiger partial charge in [0, 0.05) is 10.0 Å². The maximum absolute atomic E-state index is 12.5. The Morgan fingerprint density at radius 1 is 1.48 bits per heavy atom. The Bertz CT molecular complexity index is 569. The Morgan fingerprint density at radius 2 is 2.14 bits per heavy atom. The molecule has 21 heavy (non-hydrogen) atoms. The summed E-state index contributed by atoms with van der Waals surface area (Å²) in [6, 6.07) is 7.99. The van der Waals surface area contributed by atoms with E-state index in [0.29, 0.717) is 11.5 Å². The van der Waals surface area contributed by atoms with Gasteiger partial charge in [-0.05, 0) is 56.2 Å². The van der Waals surface area contributed by atoms with Gasteiger partial charge in [0.2, 0.25) is 0 Å². The van der Waals surface area contributed by atoms with Crippen LogP contribution in [0.5, 0.6) is 0 Å². The van der Waals surface area contributed by atoms with Crippen molar-refractivity contribution < 1.29 is 4.79 Å². The summed E-state index contributed by atoms with van der Waals surface area (Å²) < 4.78 is 0.874. The summed E-state index contributed by atoms with van der Waals surface area (Å²) in [4.78, 5) is 12.5. The standard InChI is InChI=1S/C17H21BrN2O/c1-3-13-6-8-17(11-19,9-7-13)20-16(21)15-10-14(18)5-4-12(15)2/h4-5,10,13H,3,6-9H2,1-2H3,(H,20,21). The molecule has 0 heterocycles. The van der Waals surface area contributed by atoms with Gasteiger partial charge in [0.15, 0.2) is 0 Å². The molecule has 0 unspecified atom stereocenters. The predicted molar refractivity (Wildman–Crippen MR) is 86.9 cm³/mol. The smallest absolute Gasteiger partial charge is 0.252 e. The zero-order valence-electron chi connectivity index (χ0n) is 12.6. The third-order valence-corrected chi connectivity index (χ3v) is 5.04. The van der Waals surface area contributed by atoms with Crippen molar-refractivity contribution in [1.29, 1.82) is 5.26 Å². The largest absolute Gasteiger partial charge is 0.334 e. The van der Waals surface area contributed by atoms with E-state index in [1.54, 1.807) is 0 Å². The first kappa shape index (κ1) is 16.0. The summed E-state index contributed by atoms with van der Waals surface area (Å²) in [5.74, 6) is 0.543. The fraction of sp³-hybridized carbons (Fsp3) is 0.529. The number of halogens is 1. The summed E-state index contributed by atoms with van der Waals surface area (Å²) in [5, 5.41) is 12.5. The maximum atomic E-state index is 12.5. The Hall–Kier alpha value is -1.34. The van der Waals surface area contributed by atoms with Crippen LogP contribution in [0.3, 0.4) is 0 Å². The molecule has 1 aromatic rings. The van der Waals surface area contributed by atoms with Crippen LogP contribution >= 0.6 is 15.9 Å². The van der Waals surface area contributed by atoms with Gasteiger partial charge in [-0.15, -0.1) is 0 Å². The SMILES string of the molecule is CCC1CCC(C#N)(NC(=O)c2cc(Br)ccc2C)CC1. The number of nitriles is 1. The summed E-state index contributed by atoms with van der Waals surface area (Å²) >= 11 is 3.39. The lowest BCUT2D eigenvalue weighted by atomic mass is 9.76. The third kappa shape index (κ3) is 3.65. The van der Waals surface area contributed by atoms with E-state index in [9.17, 15) is 10.1 Å². The van der Waals surface area contributed by atoms with E-state index < -0.39 is 5.54 Å². The first-order chi connectivity index (χ1) is 9.99. The summed E-state index contributed by atoms with van der Waals surface area (Å²) in [6.45, 7) is 4.10.